The second-order valence-corrected chi connectivity index (χ2v) is 5.45. The zero-order valence-electron chi connectivity index (χ0n) is 9.80. The van der Waals surface area contributed by atoms with E-state index in [1.54, 1.807) is 0 Å². The van der Waals surface area contributed by atoms with Crippen molar-refractivity contribution in [2.45, 2.75) is 11.3 Å². The van der Waals surface area contributed by atoms with Crippen LogP contribution < -0.4 is 10.6 Å². The Bertz CT molecular complexity index is 510. The summed E-state index contributed by atoms with van der Waals surface area (Å²) >= 11 is 1.84. The second-order valence-electron chi connectivity index (χ2n) is 4.28. The summed E-state index contributed by atoms with van der Waals surface area (Å²) in [5.74, 6) is 0.880. The molecule has 1 aliphatic carbocycles. The fraction of sp³-hybridized carbons (Fsp3) is 0.214. The maximum atomic E-state index is 12.2. The molecule has 0 aromatic heterocycles. The molecule has 0 bridgehead atoms. The first-order valence-electron chi connectivity index (χ1n) is 5.94. The number of carbonyl (C=O) groups excluding carboxylic acids is 1. The molecule has 1 aromatic carbocycles. The number of benzene rings is 1. The van der Waals surface area contributed by atoms with Gasteiger partial charge in [0.25, 0.3) is 5.91 Å². The summed E-state index contributed by atoms with van der Waals surface area (Å²) in [5, 5.41) is 6.67. The Balaban J connectivity index is 1.76. The lowest BCUT2D eigenvalue weighted by molar-refractivity contribution is -0.113. The van der Waals surface area contributed by atoms with Gasteiger partial charge in [0.15, 0.2) is 0 Å². The van der Waals surface area contributed by atoms with Crippen molar-refractivity contribution in [1.29, 1.82) is 0 Å². The van der Waals surface area contributed by atoms with Crippen LogP contribution in [0.1, 0.15) is 0 Å². The third-order valence-corrected chi connectivity index (χ3v) is 4.26. The van der Waals surface area contributed by atoms with Crippen molar-refractivity contribution in [2.24, 2.45) is 0 Å². The fourth-order valence-electron chi connectivity index (χ4n) is 2.21. The van der Waals surface area contributed by atoms with E-state index < -0.39 is 0 Å². The molecule has 0 radical (unpaired) electrons. The van der Waals surface area contributed by atoms with Gasteiger partial charge in [-0.25, -0.2) is 0 Å². The number of carbonyl (C=O) groups is 1. The van der Waals surface area contributed by atoms with Crippen LogP contribution >= 0.6 is 11.8 Å². The van der Waals surface area contributed by atoms with Crippen molar-refractivity contribution in [1.82, 2.24) is 5.32 Å². The SMILES string of the molecule is O=C(Nc1ccccc1)C1=CC=CC2SCNC12. The van der Waals surface area contributed by atoms with E-state index in [9.17, 15) is 4.79 Å². The van der Waals surface area contributed by atoms with Crippen LogP contribution in [0.2, 0.25) is 0 Å². The van der Waals surface area contributed by atoms with E-state index in [1.807, 2.05) is 54.2 Å². The summed E-state index contributed by atoms with van der Waals surface area (Å²) in [5.41, 5.74) is 1.65. The highest BCUT2D eigenvalue weighted by atomic mass is 32.2. The highest BCUT2D eigenvalue weighted by Crippen LogP contribution is 2.30. The van der Waals surface area contributed by atoms with E-state index in [-0.39, 0.29) is 11.9 Å². The number of allylic oxidation sites excluding steroid dienone is 2. The topological polar surface area (TPSA) is 41.1 Å². The van der Waals surface area contributed by atoms with Crippen LogP contribution in [0, 0.1) is 0 Å². The van der Waals surface area contributed by atoms with Crippen LogP contribution in [-0.2, 0) is 4.79 Å². The number of para-hydroxylation sites is 1. The van der Waals surface area contributed by atoms with Gasteiger partial charge in [-0.2, -0.15) is 0 Å². The van der Waals surface area contributed by atoms with Gasteiger partial charge >= 0.3 is 0 Å². The lowest BCUT2D eigenvalue weighted by atomic mass is 9.98. The Morgan fingerprint density at radius 2 is 2.17 bits per heavy atom. The number of amides is 1. The van der Waals surface area contributed by atoms with Crippen molar-refractivity contribution in [2.75, 3.05) is 11.2 Å². The summed E-state index contributed by atoms with van der Waals surface area (Å²) < 4.78 is 0. The minimum atomic E-state index is -0.0180. The predicted octanol–water partition coefficient (Wildman–Crippen LogP) is 2.15. The quantitative estimate of drug-likeness (QED) is 0.854. The molecule has 4 heteroatoms. The average Bonchev–Trinajstić information content (AvgIpc) is 2.87. The zero-order chi connectivity index (χ0) is 12.4. The molecule has 1 fully saturated rings. The van der Waals surface area contributed by atoms with Gasteiger partial charge < -0.3 is 5.32 Å². The Morgan fingerprint density at radius 3 is 3.00 bits per heavy atom. The number of thioether (sulfide) groups is 1. The third kappa shape index (κ3) is 2.21. The predicted molar refractivity (Wildman–Crippen MR) is 75.5 cm³/mol. The summed E-state index contributed by atoms with van der Waals surface area (Å²) in [6, 6.07) is 9.69. The van der Waals surface area contributed by atoms with E-state index in [0.717, 1.165) is 17.1 Å². The van der Waals surface area contributed by atoms with Gasteiger partial charge in [0.2, 0.25) is 0 Å². The minimum Gasteiger partial charge on any atom is -0.322 e. The highest BCUT2D eigenvalue weighted by Gasteiger charge is 2.33. The van der Waals surface area contributed by atoms with Crippen LogP contribution in [0.15, 0.2) is 54.1 Å². The van der Waals surface area contributed by atoms with Gasteiger partial charge in [0.1, 0.15) is 0 Å². The molecule has 18 heavy (non-hydrogen) atoms. The van der Waals surface area contributed by atoms with Crippen LogP contribution in [0.3, 0.4) is 0 Å². The van der Waals surface area contributed by atoms with E-state index in [0.29, 0.717) is 5.25 Å². The molecule has 1 amide bonds. The maximum Gasteiger partial charge on any atom is 0.253 e. The molecule has 2 aliphatic rings. The highest BCUT2D eigenvalue weighted by molar-refractivity contribution is 8.00. The Kier molecular flexibility index (Phi) is 3.21. The lowest BCUT2D eigenvalue weighted by Gasteiger charge is -2.21. The summed E-state index contributed by atoms with van der Waals surface area (Å²) in [6.45, 7) is 0. The maximum absolute atomic E-state index is 12.2. The molecule has 1 saturated heterocycles. The first kappa shape index (κ1) is 11.6. The molecular formula is C14H14N2OS. The third-order valence-electron chi connectivity index (χ3n) is 3.11. The second kappa shape index (κ2) is 5.00. The van der Waals surface area contributed by atoms with Gasteiger partial charge in [-0.15, -0.1) is 11.8 Å². The monoisotopic (exact) mass is 258 g/mol. The Morgan fingerprint density at radius 1 is 1.33 bits per heavy atom. The van der Waals surface area contributed by atoms with Gasteiger partial charge in [-0.3, -0.25) is 10.1 Å². The smallest absolute Gasteiger partial charge is 0.253 e. The number of fused-ring (bicyclic) bond motifs is 1. The van der Waals surface area contributed by atoms with E-state index >= 15 is 0 Å². The summed E-state index contributed by atoms with van der Waals surface area (Å²) in [6.07, 6.45) is 6.02. The van der Waals surface area contributed by atoms with Crippen LogP contribution in [0.5, 0.6) is 0 Å². The van der Waals surface area contributed by atoms with E-state index in [4.69, 9.17) is 0 Å². The molecule has 3 rings (SSSR count). The zero-order valence-corrected chi connectivity index (χ0v) is 10.6. The number of rotatable bonds is 2. The molecule has 2 atom stereocenters. The van der Waals surface area contributed by atoms with Crippen molar-refractivity contribution >= 4 is 23.4 Å². The normalized spacial score (nSPS) is 25.4. The lowest BCUT2D eigenvalue weighted by Crippen LogP contribution is -2.37. The van der Waals surface area contributed by atoms with Gasteiger partial charge in [-0.1, -0.05) is 36.4 Å². The number of hydrogen-bond donors (Lipinski definition) is 2. The van der Waals surface area contributed by atoms with Crippen molar-refractivity contribution in [3.63, 3.8) is 0 Å². The standard InChI is InChI=1S/C14H14N2OS/c17-14(16-10-5-2-1-3-6-10)11-7-4-8-12-13(11)15-9-18-12/h1-8,12-13,15H,9H2,(H,16,17). The molecule has 2 N–H and O–H groups in total. The van der Waals surface area contributed by atoms with Gasteiger partial charge in [0.05, 0.1) is 6.04 Å². The van der Waals surface area contributed by atoms with Crippen LogP contribution in [0.4, 0.5) is 5.69 Å². The molecule has 1 heterocycles. The molecular weight excluding hydrogens is 244 g/mol. The number of anilines is 1. The fourth-order valence-corrected chi connectivity index (χ4v) is 3.32. The first-order valence-corrected chi connectivity index (χ1v) is 6.99. The Hall–Kier alpha value is -1.52. The average molecular weight is 258 g/mol. The van der Waals surface area contributed by atoms with Crippen molar-refractivity contribution in [3.05, 3.63) is 54.1 Å². The van der Waals surface area contributed by atoms with Gasteiger partial charge in [0, 0.05) is 22.4 Å². The molecule has 1 aliphatic heterocycles. The number of hydrogen-bond acceptors (Lipinski definition) is 3. The first-order chi connectivity index (χ1) is 8.84. The molecule has 92 valence electrons. The summed E-state index contributed by atoms with van der Waals surface area (Å²) in [4.78, 5) is 12.2. The van der Waals surface area contributed by atoms with Gasteiger partial charge in [-0.05, 0) is 12.1 Å². The Labute approximate surface area is 110 Å². The molecule has 0 saturated carbocycles. The van der Waals surface area contributed by atoms with Crippen LogP contribution in [-0.4, -0.2) is 23.1 Å². The summed E-state index contributed by atoms with van der Waals surface area (Å²) in [7, 11) is 0. The molecule has 2 unspecified atom stereocenters. The van der Waals surface area contributed by atoms with Crippen LogP contribution in [0.25, 0.3) is 0 Å². The molecule has 3 nitrogen and oxygen atoms in total. The van der Waals surface area contributed by atoms with E-state index in [1.165, 1.54) is 0 Å². The largest absolute Gasteiger partial charge is 0.322 e. The van der Waals surface area contributed by atoms with Crippen molar-refractivity contribution in [3.8, 4) is 0 Å². The number of nitrogens with one attached hydrogen (secondary N) is 2. The van der Waals surface area contributed by atoms with Crippen molar-refractivity contribution < 1.29 is 4.79 Å². The minimum absolute atomic E-state index is 0.0180. The molecule has 1 aromatic rings. The van der Waals surface area contributed by atoms with E-state index in [2.05, 4.69) is 16.7 Å². The molecule has 0 spiro atoms.